The Morgan fingerprint density at radius 1 is 1.43 bits per heavy atom. The summed E-state index contributed by atoms with van der Waals surface area (Å²) in [6.07, 6.45) is 0. The number of nitrogens with zero attached hydrogens (tertiary/aromatic N) is 2. The average Bonchev–Trinajstić information content (AvgIpc) is 2.94. The molecule has 0 fully saturated rings. The van der Waals surface area contributed by atoms with Crippen molar-refractivity contribution in [2.24, 2.45) is 0 Å². The number of carbonyl (C=O) groups is 2. The lowest BCUT2D eigenvalue weighted by Gasteiger charge is -2.15. The molecule has 9 heteroatoms. The van der Waals surface area contributed by atoms with Gasteiger partial charge in [-0.1, -0.05) is 28.4 Å². The molecular weight excluding hydrogens is 337 g/mol. The van der Waals surface area contributed by atoms with Crippen LogP contribution < -0.4 is 5.32 Å². The summed E-state index contributed by atoms with van der Waals surface area (Å²) in [4.78, 5) is 25.2. The molecule has 0 unspecified atom stereocenters. The zero-order chi connectivity index (χ0) is 15.6. The number of amides is 2. The van der Waals surface area contributed by atoms with Crippen molar-refractivity contribution < 1.29 is 14.1 Å². The van der Waals surface area contributed by atoms with Crippen molar-refractivity contribution in [1.29, 1.82) is 0 Å². The summed E-state index contributed by atoms with van der Waals surface area (Å²) < 4.78 is 5.54. The predicted molar refractivity (Wildman–Crippen MR) is 81.2 cm³/mol. The molecule has 2 aromatic heterocycles. The van der Waals surface area contributed by atoms with Crippen molar-refractivity contribution in [3.63, 3.8) is 0 Å². The normalized spacial score (nSPS) is 10.5. The summed E-state index contributed by atoms with van der Waals surface area (Å²) in [6, 6.07) is 3.06. The van der Waals surface area contributed by atoms with E-state index in [2.05, 4.69) is 10.5 Å². The molecule has 0 bridgehead atoms. The molecule has 0 spiro atoms. The van der Waals surface area contributed by atoms with Gasteiger partial charge in [-0.25, -0.2) is 0 Å². The fourth-order valence-corrected chi connectivity index (χ4v) is 3.03. The third-order valence-corrected chi connectivity index (χ3v) is 4.00. The SMILES string of the molecule is Cc1cc(NC(=O)CN(C)C(=O)c2cc(Cl)sc2Cl)no1. The van der Waals surface area contributed by atoms with Gasteiger partial charge in [0, 0.05) is 13.1 Å². The minimum atomic E-state index is -0.392. The summed E-state index contributed by atoms with van der Waals surface area (Å²) in [5.74, 6) is 0.107. The third kappa shape index (κ3) is 3.96. The fourth-order valence-electron chi connectivity index (χ4n) is 1.59. The van der Waals surface area contributed by atoms with Crippen LogP contribution in [0.2, 0.25) is 8.67 Å². The number of likely N-dealkylation sites (N-methyl/N-ethyl adjacent to an activating group) is 1. The molecule has 0 aliphatic heterocycles. The van der Waals surface area contributed by atoms with Crippen LogP contribution in [0.4, 0.5) is 5.82 Å². The molecule has 0 saturated heterocycles. The molecule has 0 aliphatic rings. The molecule has 0 aliphatic carbocycles. The lowest BCUT2D eigenvalue weighted by Crippen LogP contribution is -2.34. The number of aryl methyl sites for hydroxylation is 1. The van der Waals surface area contributed by atoms with E-state index in [0.29, 0.717) is 20.3 Å². The lowest BCUT2D eigenvalue weighted by molar-refractivity contribution is -0.116. The standard InChI is InChI=1S/C12H11Cl2N3O3S/c1-6-3-9(16-20-6)15-10(18)5-17(2)12(19)7-4-8(13)21-11(7)14/h3-4H,5H2,1-2H3,(H,15,16,18). The van der Waals surface area contributed by atoms with E-state index in [1.807, 2.05) is 0 Å². The quantitative estimate of drug-likeness (QED) is 0.921. The van der Waals surface area contributed by atoms with Crippen LogP contribution in [0.1, 0.15) is 16.1 Å². The fraction of sp³-hybridized carbons (Fsp3) is 0.250. The van der Waals surface area contributed by atoms with Crippen molar-refractivity contribution in [1.82, 2.24) is 10.1 Å². The maximum Gasteiger partial charge on any atom is 0.256 e. The topological polar surface area (TPSA) is 75.4 Å². The Bertz CT molecular complexity index is 683. The molecule has 6 nitrogen and oxygen atoms in total. The molecule has 0 atom stereocenters. The zero-order valence-corrected chi connectivity index (χ0v) is 13.5. The molecule has 2 amide bonds. The number of thiophene rings is 1. The number of halogens is 2. The Kier molecular flexibility index (Phi) is 4.87. The van der Waals surface area contributed by atoms with Gasteiger partial charge in [0.25, 0.3) is 5.91 Å². The van der Waals surface area contributed by atoms with Crippen LogP contribution in [0.5, 0.6) is 0 Å². The van der Waals surface area contributed by atoms with E-state index < -0.39 is 5.91 Å². The van der Waals surface area contributed by atoms with Gasteiger partial charge >= 0.3 is 0 Å². The summed E-state index contributed by atoms with van der Waals surface area (Å²) in [5.41, 5.74) is 0.277. The summed E-state index contributed by atoms with van der Waals surface area (Å²) in [7, 11) is 1.50. The Labute approximate surface area is 134 Å². The maximum atomic E-state index is 12.1. The van der Waals surface area contributed by atoms with Crippen molar-refractivity contribution in [2.75, 3.05) is 18.9 Å². The van der Waals surface area contributed by atoms with E-state index in [1.165, 1.54) is 18.0 Å². The average molecular weight is 348 g/mol. The number of hydrogen-bond acceptors (Lipinski definition) is 5. The van der Waals surface area contributed by atoms with Crippen molar-refractivity contribution >= 4 is 52.2 Å². The Hall–Kier alpha value is -1.57. The van der Waals surface area contributed by atoms with Gasteiger partial charge in [-0.15, -0.1) is 11.3 Å². The zero-order valence-electron chi connectivity index (χ0n) is 11.1. The van der Waals surface area contributed by atoms with E-state index in [4.69, 9.17) is 27.7 Å². The van der Waals surface area contributed by atoms with E-state index in [1.54, 1.807) is 13.0 Å². The first-order valence-corrected chi connectivity index (χ1v) is 7.37. The minimum absolute atomic E-state index is 0.144. The van der Waals surface area contributed by atoms with Crippen LogP contribution in [-0.2, 0) is 4.79 Å². The second kappa shape index (κ2) is 6.46. The molecule has 112 valence electrons. The molecule has 0 aromatic carbocycles. The first-order valence-electron chi connectivity index (χ1n) is 5.80. The molecule has 2 heterocycles. The van der Waals surface area contributed by atoms with Crippen LogP contribution >= 0.6 is 34.5 Å². The second-order valence-corrected chi connectivity index (χ2v) is 6.56. The number of anilines is 1. The van der Waals surface area contributed by atoms with Gasteiger partial charge in [0.2, 0.25) is 5.91 Å². The highest BCUT2D eigenvalue weighted by molar-refractivity contribution is 7.20. The Morgan fingerprint density at radius 3 is 2.67 bits per heavy atom. The predicted octanol–water partition coefficient (Wildman–Crippen LogP) is 3.06. The smallest absolute Gasteiger partial charge is 0.256 e. The number of nitrogens with one attached hydrogen (secondary N) is 1. The van der Waals surface area contributed by atoms with Crippen molar-refractivity contribution in [3.8, 4) is 0 Å². The van der Waals surface area contributed by atoms with E-state index in [-0.39, 0.29) is 18.0 Å². The number of aromatic nitrogens is 1. The van der Waals surface area contributed by atoms with Gasteiger partial charge < -0.3 is 14.7 Å². The largest absolute Gasteiger partial charge is 0.360 e. The molecular formula is C12H11Cl2N3O3S. The van der Waals surface area contributed by atoms with Gasteiger partial charge in [-0.2, -0.15) is 0 Å². The van der Waals surface area contributed by atoms with E-state index in [9.17, 15) is 9.59 Å². The van der Waals surface area contributed by atoms with Crippen LogP contribution in [0.15, 0.2) is 16.7 Å². The highest BCUT2D eigenvalue weighted by Gasteiger charge is 2.20. The van der Waals surface area contributed by atoms with Gasteiger partial charge in [0.05, 0.1) is 16.4 Å². The van der Waals surface area contributed by atoms with E-state index in [0.717, 1.165) is 11.3 Å². The third-order valence-electron chi connectivity index (χ3n) is 2.51. The van der Waals surface area contributed by atoms with Crippen LogP contribution in [0, 0.1) is 6.92 Å². The molecule has 2 rings (SSSR count). The van der Waals surface area contributed by atoms with Crippen molar-refractivity contribution in [2.45, 2.75) is 6.92 Å². The first-order chi connectivity index (χ1) is 9.86. The minimum Gasteiger partial charge on any atom is -0.360 e. The highest BCUT2D eigenvalue weighted by atomic mass is 35.5. The molecule has 1 N–H and O–H groups in total. The molecule has 21 heavy (non-hydrogen) atoms. The summed E-state index contributed by atoms with van der Waals surface area (Å²) in [5, 5.41) is 6.16. The van der Waals surface area contributed by atoms with E-state index >= 15 is 0 Å². The van der Waals surface area contributed by atoms with Gasteiger partial charge in [-0.05, 0) is 13.0 Å². The maximum absolute atomic E-state index is 12.1. The lowest BCUT2D eigenvalue weighted by atomic mass is 10.3. The Morgan fingerprint density at radius 2 is 2.14 bits per heavy atom. The number of hydrogen-bond donors (Lipinski definition) is 1. The van der Waals surface area contributed by atoms with Crippen LogP contribution in [0.25, 0.3) is 0 Å². The van der Waals surface area contributed by atoms with Crippen LogP contribution in [-0.4, -0.2) is 35.5 Å². The second-order valence-electron chi connectivity index (χ2n) is 4.27. The number of rotatable bonds is 4. The molecule has 0 radical (unpaired) electrons. The van der Waals surface area contributed by atoms with Gasteiger partial charge in [0.1, 0.15) is 10.1 Å². The number of carbonyl (C=O) groups excluding carboxylic acids is 2. The van der Waals surface area contributed by atoms with Crippen LogP contribution in [0.3, 0.4) is 0 Å². The summed E-state index contributed by atoms with van der Waals surface area (Å²) in [6.45, 7) is 1.56. The molecule has 0 saturated carbocycles. The first kappa shape index (κ1) is 15.8. The Balaban J connectivity index is 1.97. The monoisotopic (exact) mass is 347 g/mol. The van der Waals surface area contributed by atoms with Gasteiger partial charge in [0.15, 0.2) is 5.82 Å². The highest BCUT2D eigenvalue weighted by Crippen LogP contribution is 2.31. The molecule has 2 aromatic rings. The van der Waals surface area contributed by atoms with Gasteiger partial charge in [-0.3, -0.25) is 9.59 Å². The summed E-state index contributed by atoms with van der Waals surface area (Å²) >= 11 is 12.8. The van der Waals surface area contributed by atoms with Crippen molar-refractivity contribution in [3.05, 3.63) is 32.1 Å².